The molecule has 0 spiro atoms. The molecular formula is C19H20N4O3S2. The van der Waals surface area contributed by atoms with Gasteiger partial charge in [-0.05, 0) is 55.5 Å². The van der Waals surface area contributed by atoms with Gasteiger partial charge in [-0.25, -0.2) is 0 Å². The number of carbonyl (C=O) groups is 1. The van der Waals surface area contributed by atoms with Crippen LogP contribution in [0.1, 0.15) is 6.92 Å². The monoisotopic (exact) mass is 416 g/mol. The molecule has 0 aliphatic heterocycles. The van der Waals surface area contributed by atoms with Crippen molar-refractivity contribution in [2.45, 2.75) is 11.3 Å². The Morgan fingerprint density at radius 3 is 2.29 bits per heavy atom. The Bertz CT molecular complexity index is 898. The summed E-state index contributed by atoms with van der Waals surface area (Å²) >= 11 is 2.76. The molecule has 9 heteroatoms. The molecule has 0 unspecified atom stereocenters. The quantitative estimate of drug-likeness (QED) is 0.497. The van der Waals surface area contributed by atoms with E-state index in [9.17, 15) is 4.79 Å². The zero-order chi connectivity index (χ0) is 19.8. The number of hydrogen-bond acceptors (Lipinski definition) is 8. The smallest absolute Gasteiger partial charge is 0.234 e. The normalized spacial score (nSPS) is 10.4. The molecule has 3 rings (SSSR count). The van der Waals surface area contributed by atoms with Gasteiger partial charge in [0, 0.05) is 12.7 Å². The number of rotatable bonds is 9. The van der Waals surface area contributed by atoms with Gasteiger partial charge in [-0.15, -0.1) is 10.2 Å². The lowest BCUT2D eigenvalue weighted by Gasteiger charge is -2.09. The third-order valence-electron chi connectivity index (χ3n) is 3.46. The Hall–Kier alpha value is -2.78. The van der Waals surface area contributed by atoms with Crippen molar-refractivity contribution in [2.75, 3.05) is 30.0 Å². The van der Waals surface area contributed by atoms with E-state index in [1.807, 2.05) is 43.3 Å². The average Bonchev–Trinajstić information content (AvgIpc) is 3.18. The van der Waals surface area contributed by atoms with Gasteiger partial charge >= 0.3 is 0 Å². The average molecular weight is 417 g/mol. The van der Waals surface area contributed by atoms with E-state index in [4.69, 9.17) is 9.47 Å². The number of amides is 1. The van der Waals surface area contributed by atoms with Gasteiger partial charge in [0.25, 0.3) is 0 Å². The van der Waals surface area contributed by atoms with Crippen molar-refractivity contribution in [2.24, 2.45) is 0 Å². The Kier molecular flexibility index (Phi) is 7.10. The molecule has 2 N–H and O–H groups in total. The summed E-state index contributed by atoms with van der Waals surface area (Å²) in [7, 11) is 1.78. The summed E-state index contributed by atoms with van der Waals surface area (Å²) in [5.74, 6) is 2.37. The van der Waals surface area contributed by atoms with Gasteiger partial charge in [-0.3, -0.25) is 4.79 Å². The van der Waals surface area contributed by atoms with Crippen LogP contribution in [-0.4, -0.2) is 35.5 Å². The van der Waals surface area contributed by atoms with Crippen molar-refractivity contribution in [1.82, 2.24) is 10.2 Å². The van der Waals surface area contributed by atoms with Crippen LogP contribution in [0.3, 0.4) is 0 Å². The zero-order valence-corrected chi connectivity index (χ0v) is 17.1. The molecule has 1 amide bonds. The zero-order valence-electron chi connectivity index (χ0n) is 15.5. The molecular weight excluding hydrogens is 396 g/mol. The molecule has 0 saturated carbocycles. The molecule has 0 atom stereocenters. The first-order valence-corrected chi connectivity index (χ1v) is 10.4. The fourth-order valence-electron chi connectivity index (χ4n) is 2.21. The minimum atomic E-state index is -0.105. The van der Waals surface area contributed by atoms with Crippen molar-refractivity contribution in [1.29, 1.82) is 0 Å². The van der Waals surface area contributed by atoms with Gasteiger partial charge in [0.2, 0.25) is 11.0 Å². The van der Waals surface area contributed by atoms with E-state index in [0.717, 1.165) is 21.0 Å². The number of ether oxygens (including phenoxy) is 2. The Morgan fingerprint density at radius 2 is 1.68 bits per heavy atom. The van der Waals surface area contributed by atoms with Gasteiger partial charge in [0.1, 0.15) is 17.2 Å². The third-order valence-corrected chi connectivity index (χ3v) is 5.53. The molecule has 2 aromatic carbocycles. The lowest BCUT2D eigenvalue weighted by molar-refractivity contribution is -0.113. The number of hydrogen-bond donors (Lipinski definition) is 2. The van der Waals surface area contributed by atoms with Gasteiger partial charge < -0.3 is 20.1 Å². The highest BCUT2D eigenvalue weighted by Crippen LogP contribution is 2.26. The highest BCUT2D eigenvalue weighted by Gasteiger charge is 2.08. The summed E-state index contributed by atoms with van der Waals surface area (Å²) in [6, 6.07) is 14.7. The van der Waals surface area contributed by atoms with Crippen LogP contribution in [0.25, 0.3) is 0 Å². The minimum Gasteiger partial charge on any atom is -0.494 e. The van der Waals surface area contributed by atoms with Crippen LogP contribution < -0.4 is 20.1 Å². The van der Waals surface area contributed by atoms with E-state index in [-0.39, 0.29) is 11.7 Å². The maximum absolute atomic E-state index is 12.1. The van der Waals surface area contributed by atoms with Crippen LogP contribution >= 0.6 is 23.1 Å². The molecule has 146 valence electrons. The first-order chi connectivity index (χ1) is 13.7. The molecule has 1 aromatic heterocycles. The largest absolute Gasteiger partial charge is 0.494 e. The highest BCUT2D eigenvalue weighted by atomic mass is 32.2. The summed E-state index contributed by atoms with van der Waals surface area (Å²) in [6.45, 7) is 2.57. The fraction of sp³-hybridized carbons (Fsp3) is 0.211. The Balaban J connectivity index is 1.48. The van der Waals surface area contributed by atoms with Gasteiger partial charge in [-0.2, -0.15) is 0 Å². The Morgan fingerprint density at radius 1 is 1.04 bits per heavy atom. The summed E-state index contributed by atoms with van der Waals surface area (Å²) in [4.78, 5) is 12.1. The standard InChI is InChI=1S/C19H20N4O3S2/c1-3-25-14-8-10-16(11-9-14)26-15-6-4-13(5-7-15)21-17(24)12-27-19-23-22-18(20-2)28-19/h4-11H,3,12H2,1-2H3,(H,20,22)(H,21,24). The van der Waals surface area contributed by atoms with Gasteiger partial charge in [0.15, 0.2) is 4.34 Å². The second kappa shape index (κ2) is 9.95. The molecule has 0 aliphatic rings. The number of benzene rings is 2. The molecule has 3 aromatic rings. The van der Waals surface area contributed by atoms with Crippen molar-refractivity contribution < 1.29 is 14.3 Å². The molecule has 0 bridgehead atoms. The van der Waals surface area contributed by atoms with Crippen LogP contribution in [0.15, 0.2) is 52.9 Å². The first kappa shape index (κ1) is 20.0. The third kappa shape index (κ3) is 5.86. The van der Waals surface area contributed by atoms with Crippen molar-refractivity contribution in [3.8, 4) is 17.2 Å². The minimum absolute atomic E-state index is 0.105. The number of anilines is 2. The summed E-state index contributed by atoms with van der Waals surface area (Å²) in [6.07, 6.45) is 0. The molecule has 0 aliphatic carbocycles. The molecule has 1 heterocycles. The molecule has 7 nitrogen and oxygen atoms in total. The number of nitrogens with one attached hydrogen (secondary N) is 2. The summed E-state index contributed by atoms with van der Waals surface area (Å²) < 4.78 is 12.0. The topological polar surface area (TPSA) is 85.4 Å². The van der Waals surface area contributed by atoms with Crippen LogP contribution in [-0.2, 0) is 4.79 Å². The summed E-state index contributed by atoms with van der Waals surface area (Å²) in [5.41, 5.74) is 0.706. The number of aromatic nitrogens is 2. The van der Waals surface area contributed by atoms with Gasteiger partial charge in [0.05, 0.1) is 12.4 Å². The van der Waals surface area contributed by atoms with E-state index in [1.165, 1.54) is 23.1 Å². The molecule has 0 saturated heterocycles. The van der Waals surface area contributed by atoms with Crippen molar-refractivity contribution >= 4 is 39.8 Å². The predicted molar refractivity (Wildman–Crippen MR) is 113 cm³/mol. The van der Waals surface area contributed by atoms with E-state index in [0.29, 0.717) is 18.0 Å². The van der Waals surface area contributed by atoms with E-state index in [2.05, 4.69) is 20.8 Å². The number of thioether (sulfide) groups is 1. The Labute approximate surface area is 171 Å². The number of carbonyl (C=O) groups excluding carboxylic acids is 1. The SMILES string of the molecule is CCOc1ccc(Oc2ccc(NC(=O)CSc3nnc(NC)s3)cc2)cc1. The van der Waals surface area contributed by atoms with Crippen molar-refractivity contribution in [3.63, 3.8) is 0 Å². The number of nitrogens with zero attached hydrogens (tertiary/aromatic N) is 2. The predicted octanol–water partition coefficient (Wildman–Crippen LogP) is 4.50. The molecule has 0 radical (unpaired) electrons. The summed E-state index contributed by atoms with van der Waals surface area (Å²) in [5, 5.41) is 14.4. The van der Waals surface area contributed by atoms with E-state index < -0.39 is 0 Å². The maximum Gasteiger partial charge on any atom is 0.234 e. The maximum atomic E-state index is 12.1. The van der Waals surface area contributed by atoms with Crippen LogP contribution in [0, 0.1) is 0 Å². The lowest BCUT2D eigenvalue weighted by atomic mass is 10.3. The lowest BCUT2D eigenvalue weighted by Crippen LogP contribution is -2.13. The molecule has 0 fully saturated rings. The second-order valence-electron chi connectivity index (χ2n) is 5.49. The van der Waals surface area contributed by atoms with E-state index in [1.54, 1.807) is 19.2 Å². The van der Waals surface area contributed by atoms with Crippen molar-refractivity contribution in [3.05, 3.63) is 48.5 Å². The fourth-order valence-corrected chi connectivity index (χ4v) is 3.71. The first-order valence-electron chi connectivity index (χ1n) is 8.61. The molecule has 28 heavy (non-hydrogen) atoms. The van der Waals surface area contributed by atoms with Gasteiger partial charge in [-0.1, -0.05) is 23.1 Å². The van der Waals surface area contributed by atoms with Crippen LogP contribution in [0.2, 0.25) is 0 Å². The van der Waals surface area contributed by atoms with Crippen LogP contribution in [0.5, 0.6) is 17.2 Å². The van der Waals surface area contributed by atoms with Crippen LogP contribution in [0.4, 0.5) is 10.8 Å². The highest BCUT2D eigenvalue weighted by molar-refractivity contribution is 8.01. The second-order valence-corrected chi connectivity index (χ2v) is 7.69. The van der Waals surface area contributed by atoms with E-state index >= 15 is 0 Å².